The molecule has 1 heterocycles. The standard InChI is InChI=1S/C13H22N2O2/c1-4-7-10(8-5-2)13(6-3)9-14-12(17)15-11(13)16/h7H,4-6,8-9H2,1-3H3,(H2,14,15,16,17). The molecule has 0 radical (unpaired) electrons. The van der Waals surface area contributed by atoms with E-state index in [1.54, 1.807) is 0 Å². The molecule has 1 unspecified atom stereocenters. The number of hydrogen-bond donors (Lipinski definition) is 2. The number of hydrogen-bond acceptors (Lipinski definition) is 2. The number of carbonyl (C=O) groups is 2. The first-order chi connectivity index (χ1) is 8.10. The van der Waals surface area contributed by atoms with Gasteiger partial charge in [0.05, 0.1) is 5.41 Å². The van der Waals surface area contributed by atoms with Gasteiger partial charge in [0, 0.05) is 6.54 Å². The third kappa shape index (κ3) is 2.68. The van der Waals surface area contributed by atoms with Gasteiger partial charge in [-0.25, -0.2) is 4.79 Å². The van der Waals surface area contributed by atoms with Crippen LogP contribution < -0.4 is 10.6 Å². The lowest BCUT2D eigenvalue weighted by molar-refractivity contribution is -0.129. The van der Waals surface area contributed by atoms with Gasteiger partial charge in [-0.2, -0.15) is 0 Å². The number of nitrogens with one attached hydrogen (secondary N) is 2. The Morgan fingerprint density at radius 2 is 2.06 bits per heavy atom. The Labute approximate surface area is 103 Å². The van der Waals surface area contributed by atoms with Gasteiger partial charge in [0.2, 0.25) is 5.91 Å². The average Bonchev–Trinajstić information content (AvgIpc) is 2.30. The third-order valence-electron chi connectivity index (χ3n) is 3.40. The molecule has 1 aliphatic rings. The first kappa shape index (κ1) is 13.7. The molecular weight excluding hydrogens is 216 g/mol. The normalized spacial score (nSPS) is 25.5. The molecule has 96 valence electrons. The predicted molar refractivity (Wildman–Crippen MR) is 67.5 cm³/mol. The van der Waals surface area contributed by atoms with Gasteiger partial charge in [-0.05, 0) is 19.3 Å². The summed E-state index contributed by atoms with van der Waals surface area (Å²) in [6.45, 7) is 6.58. The molecule has 0 aromatic heterocycles. The van der Waals surface area contributed by atoms with E-state index >= 15 is 0 Å². The van der Waals surface area contributed by atoms with Crippen LogP contribution in [0.1, 0.15) is 46.5 Å². The maximum atomic E-state index is 12.1. The topological polar surface area (TPSA) is 58.2 Å². The molecule has 0 spiro atoms. The van der Waals surface area contributed by atoms with Gasteiger partial charge in [0.25, 0.3) is 0 Å². The van der Waals surface area contributed by atoms with Crippen molar-refractivity contribution in [2.75, 3.05) is 6.54 Å². The van der Waals surface area contributed by atoms with E-state index < -0.39 is 5.41 Å². The summed E-state index contributed by atoms with van der Waals surface area (Å²) < 4.78 is 0. The van der Waals surface area contributed by atoms with E-state index in [0.717, 1.165) is 24.8 Å². The Morgan fingerprint density at radius 1 is 1.35 bits per heavy atom. The van der Waals surface area contributed by atoms with Gasteiger partial charge >= 0.3 is 6.03 Å². The van der Waals surface area contributed by atoms with E-state index in [0.29, 0.717) is 13.0 Å². The highest BCUT2D eigenvalue weighted by atomic mass is 16.2. The predicted octanol–water partition coefficient (Wildman–Crippen LogP) is 2.36. The summed E-state index contributed by atoms with van der Waals surface area (Å²) in [6.07, 6.45) is 5.67. The summed E-state index contributed by atoms with van der Waals surface area (Å²) in [5.41, 5.74) is 0.613. The lowest BCUT2D eigenvalue weighted by Crippen LogP contribution is -2.59. The second-order valence-electron chi connectivity index (χ2n) is 4.46. The van der Waals surface area contributed by atoms with E-state index in [9.17, 15) is 9.59 Å². The van der Waals surface area contributed by atoms with Crippen molar-refractivity contribution < 1.29 is 9.59 Å². The van der Waals surface area contributed by atoms with E-state index in [-0.39, 0.29) is 11.9 Å². The molecular formula is C13H22N2O2. The molecule has 3 amide bonds. The van der Waals surface area contributed by atoms with Crippen LogP contribution in [-0.2, 0) is 4.79 Å². The first-order valence-electron chi connectivity index (χ1n) is 6.39. The second-order valence-corrected chi connectivity index (χ2v) is 4.46. The molecule has 0 saturated carbocycles. The quantitative estimate of drug-likeness (QED) is 0.722. The van der Waals surface area contributed by atoms with E-state index in [4.69, 9.17) is 0 Å². The van der Waals surface area contributed by atoms with Gasteiger partial charge in [-0.15, -0.1) is 0 Å². The highest BCUT2D eigenvalue weighted by Crippen LogP contribution is 2.35. The SMILES string of the molecule is CCC=C(CCC)C1(CC)CNC(=O)NC1=O. The van der Waals surface area contributed by atoms with Crippen molar-refractivity contribution in [1.29, 1.82) is 0 Å². The van der Waals surface area contributed by atoms with Crippen molar-refractivity contribution >= 4 is 11.9 Å². The van der Waals surface area contributed by atoms with Crippen LogP contribution in [0.3, 0.4) is 0 Å². The van der Waals surface area contributed by atoms with Crippen molar-refractivity contribution in [1.82, 2.24) is 10.6 Å². The van der Waals surface area contributed by atoms with Crippen molar-refractivity contribution in [3.05, 3.63) is 11.6 Å². The number of urea groups is 1. The number of rotatable bonds is 5. The number of carbonyl (C=O) groups excluding carboxylic acids is 2. The Hall–Kier alpha value is -1.32. The summed E-state index contributed by atoms with van der Waals surface area (Å²) in [6, 6.07) is -0.383. The maximum absolute atomic E-state index is 12.1. The van der Waals surface area contributed by atoms with Crippen LogP contribution in [0.2, 0.25) is 0 Å². The van der Waals surface area contributed by atoms with E-state index in [1.807, 2.05) is 6.92 Å². The minimum Gasteiger partial charge on any atom is -0.336 e. The maximum Gasteiger partial charge on any atom is 0.321 e. The first-order valence-corrected chi connectivity index (χ1v) is 6.39. The van der Waals surface area contributed by atoms with Gasteiger partial charge in [0.1, 0.15) is 0 Å². The molecule has 0 aromatic rings. The van der Waals surface area contributed by atoms with Crippen molar-refractivity contribution in [3.8, 4) is 0 Å². The summed E-state index contributed by atoms with van der Waals surface area (Å²) >= 11 is 0. The number of allylic oxidation sites excluding steroid dienone is 1. The van der Waals surface area contributed by atoms with Crippen LogP contribution in [0, 0.1) is 5.41 Å². The lowest BCUT2D eigenvalue weighted by Gasteiger charge is -2.37. The van der Waals surface area contributed by atoms with Gasteiger partial charge < -0.3 is 5.32 Å². The van der Waals surface area contributed by atoms with Crippen LogP contribution in [0.5, 0.6) is 0 Å². The van der Waals surface area contributed by atoms with Gasteiger partial charge in [-0.1, -0.05) is 38.8 Å². The van der Waals surface area contributed by atoms with Crippen LogP contribution in [0.15, 0.2) is 11.6 Å². The fraction of sp³-hybridized carbons (Fsp3) is 0.692. The van der Waals surface area contributed by atoms with Gasteiger partial charge in [-0.3, -0.25) is 10.1 Å². The van der Waals surface area contributed by atoms with Crippen LogP contribution in [0.4, 0.5) is 4.79 Å². The molecule has 1 fully saturated rings. The molecule has 4 nitrogen and oxygen atoms in total. The van der Waals surface area contributed by atoms with E-state index in [2.05, 4.69) is 30.6 Å². The molecule has 1 atom stereocenters. The summed E-state index contributed by atoms with van der Waals surface area (Å²) in [4.78, 5) is 23.3. The second kappa shape index (κ2) is 5.84. The van der Waals surface area contributed by atoms with Crippen molar-refractivity contribution in [2.45, 2.75) is 46.5 Å². The van der Waals surface area contributed by atoms with Crippen LogP contribution in [-0.4, -0.2) is 18.5 Å². The Balaban J connectivity index is 3.04. The Bertz CT molecular complexity index is 336. The zero-order valence-corrected chi connectivity index (χ0v) is 10.9. The fourth-order valence-electron chi connectivity index (χ4n) is 2.40. The van der Waals surface area contributed by atoms with Crippen molar-refractivity contribution in [3.63, 3.8) is 0 Å². The molecule has 2 N–H and O–H groups in total. The van der Waals surface area contributed by atoms with E-state index in [1.165, 1.54) is 0 Å². The highest BCUT2D eigenvalue weighted by Gasteiger charge is 2.43. The minimum atomic E-state index is -0.542. The van der Waals surface area contributed by atoms with Gasteiger partial charge in [0.15, 0.2) is 0 Å². The summed E-state index contributed by atoms with van der Waals surface area (Å²) in [5.74, 6) is -0.156. The van der Waals surface area contributed by atoms with Crippen LogP contribution >= 0.6 is 0 Å². The highest BCUT2D eigenvalue weighted by molar-refractivity contribution is 6.01. The van der Waals surface area contributed by atoms with Crippen molar-refractivity contribution in [2.24, 2.45) is 5.41 Å². The molecule has 1 rings (SSSR count). The number of amides is 3. The lowest BCUT2D eigenvalue weighted by atomic mass is 9.73. The van der Waals surface area contributed by atoms with Crippen LogP contribution in [0.25, 0.3) is 0 Å². The largest absolute Gasteiger partial charge is 0.336 e. The molecule has 0 bridgehead atoms. The minimum absolute atomic E-state index is 0.156. The summed E-state index contributed by atoms with van der Waals surface area (Å²) in [5, 5.41) is 5.13. The third-order valence-corrected chi connectivity index (χ3v) is 3.40. The Morgan fingerprint density at radius 3 is 2.53 bits per heavy atom. The number of imide groups is 1. The smallest absolute Gasteiger partial charge is 0.321 e. The summed E-state index contributed by atoms with van der Waals surface area (Å²) in [7, 11) is 0. The molecule has 17 heavy (non-hydrogen) atoms. The molecule has 1 saturated heterocycles. The fourth-order valence-corrected chi connectivity index (χ4v) is 2.40. The average molecular weight is 238 g/mol. The zero-order valence-electron chi connectivity index (χ0n) is 10.9. The monoisotopic (exact) mass is 238 g/mol. The molecule has 4 heteroatoms. The molecule has 0 aromatic carbocycles. The molecule has 0 aliphatic carbocycles. The Kier molecular flexibility index (Phi) is 4.73. The zero-order chi connectivity index (χ0) is 12.9. The molecule has 1 aliphatic heterocycles.